The molecule has 0 spiro atoms. The zero-order chi connectivity index (χ0) is 19.0. The van der Waals surface area contributed by atoms with Gasteiger partial charge >= 0.3 is 6.18 Å². The number of hydrogen-bond donors (Lipinski definition) is 1. The molecule has 2 aromatic heterocycles. The van der Waals surface area contributed by atoms with Crippen LogP contribution in [0.1, 0.15) is 26.5 Å². The minimum absolute atomic E-state index is 0.205. The van der Waals surface area contributed by atoms with Crippen LogP contribution in [0.3, 0.4) is 0 Å². The Morgan fingerprint density at radius 1 is 1.16 bits per heavy atom. The molecule has 0 fully saturated rings. The predicted molar refractivity (Wildman–Crippen MR) is 85.2 cm³/mol. The van der Waals surface area contributed by atoms with Gasteiger partial charge in [0.05, 0.1) is 11.9 Å². The number of nitrogens with zero attached hydrogens (tertiary/aromatic N) is 2. The number of halogens is 3. The van der Waals surface area contributed by atoms with Crippen LogP contribution in [0.4, 0.5) is 13.2 Å². The van der Waals surface area contributed by atoms with Gasteiger partial charge in [0.1, 0.15) is 16.3 Å². The van der Waals surface area contributed by atoms with Crippen molar-refractivity contribution in [2.45, 2.75) is 37.3 Å². The van der Waals surface area contributed by atoms with Gasteiger partial charge < -0.3 is 4.74 Å². The fourth-order valence-corrected chi connectivity index (χ4v) is 2.68. The second kappa shape index (κ2) is 6.32. The second-order valence-corrected chi connectivity index (χ2v) is 8.59. The number of rotatable bonds is 4. The van der Waals surface area contributed by atoms with Crippen molar-refractivity contribution in [1.82, 2.24) is 15.2 Å². The number of sulfone groups is 1. The highest BCUT2D eigenvalue weighted by molar-refractivity contribution is 7.90. The highest BCUT2D eigenvalue weighted by Gasteiger charge is 2.30. The highest BCUT2D eigenvalue weighted by Crippen LogP contribution is 2.30. The van der Waals surface area contributed by atoms with E-state index >= 15 is 0 Å². The van der Waals surface area contributed by atoms with E-state index < -0.39 is 33.3 Å². The number of aromatic amines is 1. The predicted octanol–water partition coefficient (Wildman–Crippen LogP) is 3.11. The Morgan fingerprint density at radius 3 is 2.28 bits per heavy atom. The summed E-state index contributed by atoms with van der Waals surface area (Å²) in [6, 6.07) is 2.85. The quantitative estimate of drug-likeness (QED) is 0.885. The van der Waals surface area contributed by atoms with Crippen molar-refractivity contribution in [2.75, 3.05) is 12.9 Å². The molecular weight excluding hydrogens is 359 g/mol. The Kier molecular flexibility index (Phi) is 4.86. The molecule has 6 nitrogen and oxygen atoms in total. The van der Waals surface area contributed by atoms with E-state index in [-0.39, 0.29) is 11.1 Å². The van der Waals surface area contributed by atoms with Crippen LogP contribution in [0.15, 0.2) is 23.2 Å². The van der Waals surface area contributed by atoms with Gasteiger partial charge in [-0.2, -0.15) is 18.3 Å². The molecule has 1 N–H and O–H groups in total. The third-order valence-electron chi connectivity index (χ3n) is 3.27. The minimum Gasteiger partial charge on any atom is -0.483 e. The number of hydrogen-bond acceptors (Lipinski definition) is 5. The molecule has 0 aromatic carbocycles. The molecule has 0 saturated carbocycles. The van der Waals surface area contributed by atoms with Gasteiger partial charge in [-0.25, -0.2) is 8.42 Å². The van der Waals surface area contributed by atoms with Crippen LogP contribution in [-0.2, 0) is 15.3 Å². The van der Waals surface area contributed by atoms with Crippen molar-refractivity contribution >= 4 is 9.84 Å². The first-order chi connectivity index (χ1) is 11.3. The van der Waals surface area contributed by atoms with Gasteiger partial charge in [0.25, 0.3) is 0 Å². The lowest BCUT2D eigenvalue weighted by molar-refractivity contribution is -0.153. The second-order valence-electron chi connectivity index (χ2n) is 6.61. The first-order valence-corrected chi connectivity index (χ1v) is 9.12. The van der Waals surface area contributed by atoms with E-state index in [1.165, 1.54) is 0 Å². The first-order valence-electron chi connectivity index (χ1n) is 7.23. The Hall–Kier alpha value is -2.10. The van der Waals surface area contributed by atoms with Gasteiger partial charge in [-0.15, -0.1) is 0 Å². The normalized spacial score (nSPS) is 13.1. The molecule has 0 atom stereocenters. The summed E-state index contributed by atoms with van der Waals surface area (Å²) in [6.45, 7) is 4.28. The molecule has 0 bridgehead atoms. The van der Waals surface area contributed by atoms with Gasteiger partial charge in [0.2, 0.25) is 0 Å². The van der Waals surface area contributed by atoms with Crippen LogP contribution in [0.5, 0.6) is 5.75 Å². The van der Waals surface area contributed by atoms with Crippen molar-refractivity contribution in [3.05, 3.63) is 24.0 Å². The number of H-pyrrole nitrogens is 1. The van der Waals surface area contributed by atoms with Gasteiger partial charge in [-0.3, -0.25) is 10.1 Å². The lowest BCUT2D eigenvalue weighted by atomic mass is 9.92. The standard InChI is InChI=1S/C15H18F3N3O3S/c1-14(2,3)13-6-10(20-21-13)9-5-11(24-8-15(16,17)18)12(7-19-9)25(4,22)23/h5-7H,8H2,1-4H3,(H,20,21). The molecule has 2 heterocycles. The molecule has 0 radical (unpaired) electrons. The number of aromatic nitrogens is 3. The number of ether oxygens (including phenoxy) is 1. The van der Waals surface area contributed by atoms with Crippen LogP contribution in [0, 0.1) is 0 Å². The Morgan fingerprint density at radius 2 is 1.80 bits per heavy atom. The average Bonchev–Trinajstić information content (AvgIpc) is 2.92. The summed E-state index contributed by atoms with van der Waals surface area (Å²) in [7, 11) is -3.80. The van der Waals surface area contributed by atoms with Crippen LogP contribution in [0.25, 0.3) is 11.4 Å². The molecule has 2 aromatic rings. The molecule has 10 heteroatoms. The SMILES string of the molecule is CC(C)(C)c1cc(-c2cc(OCC(F)(F)F)c(S(C)(=O)=O)cn2)n[nH]1. The molecule has 0 aliphatic carbocycles. The van der Waals surface area contributed by atoms with E-state index in [1.54, 1.807) is 6.07 Å². The van der Waals surface area contributed by atoms with Gasteiger partial charge in [0.15, 0.2) is 16.4 Å². The fourth-order valence-electron chi connectivity index (χ4n) is 1.95. The Labute approximate surface area is 143 Å². The summed E-state index contributed by atoms with van der Waals surface area (Å²) in [4.78, 5) is 3.58. The summed E-state index contributed by atoms with van der Waals surface area (Å²) >= 11 is 0. The largest absolute Gasteiger partial charge is 0.483 e. The van der Waals surface area contributed by atoms with E-state index in [2.05, 4.69) is 19.9 Å². The molecule has 2 rings (SSSR count). The van der Waals surface area contributed by atoms with Crippen molar-refractivity contribution in [2.24, 2.45) is 0 Å². The smallest absolute Gasteiger partial charge is 0.422 e. The highest BCUT2D eigenvalue weighted by atomic mass is 32.2. The average molecular weight is 377 g/mol. The van der Waals surface area contributed by atoms with Crippen LogP contribution in [0.2, 0.25) is 0 Å². The van der Waals surface area contributed by atoms with Gasteiger partial charge in [0, 0.05) is 23.4 Å². The summed E-state index contributed by atoms with van der Waals surface area (Å²) in [6.07, 6.45) is -2.75. The van der Waals surface area contributed by atoms with Crippen LogP contribution in [-0.4, -0.2) is 42.6 Å². The van der Waals surface area contributed by atoms with Gasteiger partial charge in [-0.05, 0) is 6.07 Å². The Balaban J connectivity index is 2.46. The summed E-state index contributed by atoms with van der Waals surface area (Å²) in [5, 5.41) is 6.92. The first kappa shape index (κ1) is 19.2. The maximum absolute atomic E-state index is 12.4. The van der Waals surface area contributed by atoms with E-state index in [0.29, 0.717) is 5.69 Å². The third kappa shape index (κ3) is 4.94. The zero-order valence-corrected chi connectivity index (χ0v) is 14.9. The summed E-state index contributed by atoms with van der Waals surface area (Å²) < 4.78 is 65.4. The maximum atomic E-state index is 12.4. The lowest BCUT2D eigenvalue weighted by Crippen LogP contribution is -2.20. The zero-order valence-electron chi connectivity index (χ0n) is 14.1. The number of nitrogens with one attached hydrogen (secondary N) is 1. The minimum atomic E-state index is -4.59. The van der Waals surface area contributed by atoms with Crippen LogP contribution >= 0.6 is 0 Å². The molecule has 0 saturated heterocycles. The molecule has 0 aliphatic rings. The fraction of sp³-hybridized carbons (Fsp3) is 0.467. The van der Waals surface area contributed by atoms with Crippen molar-refractivity contribution in [3.63, 3.8) is 0 Å². The summed E-state index contributed by atoms with van der Waals surface area (Å²) in [5.74, 6) is -0.412. The van der Waals surface area contributed by atoms with Crippen molar-refractivity contribution in [1.29, 1.82) is 0 Å². The van der Waals surface area contributed by atoms with Crippen molar-refractivity contribution in [3.8, 4) is 17.1 Å². The maximum Gasteiger partial charge on any atom is 0.422 e. The molecule has 0 aliphatic heterocycles. The molecule has 0 unspecified atom stereocenters. The topological polar surface area (TPSA) is 84.9 Å². The molecule has 0 amide bonds. The molecular formula is C15H18F3N3O3S. The Bertz CT molecular complexity index is 868. The molecule has 138 valence electrons. The van der Waals surface area contributed by atoms with E-state index in [4.69, 9.17) is 0 Å². The number of alkyl halides is 3. The van der Waals surface area contributed by atoms with E-state index in [0.717, 1.165) is 24.2 Å². The summed E-state index contributed by atoms with van der Waals surface area (Å²) in [5.41, 5.74) is 1.17. The number of pyridine rings is 1. The van der Waals surface area contributed by atoms with E-state index in [9.17, 15) is 21.6 Å². The molecule has 25 heavy (non-hydrogen) atoms. The lowest BCUT2D eigenvalue weighted by Gasteiger charge is -2.14. The third-order valence-corrected chi connectivity index (χ3v) is 4.38. The monoisotopic (exact) mass is 377 g/mol. The van der Waals surface area contributed by atoms with Crippen molar-refractivity contribution < 1.29 is 26.3 Å². The van der Waals surface area contributed by atoms with E-state index in [1.807, 2.05) is 20.8 Å². The van der Waals surface area contributed by atoms with Gasteiger partial charge in [-0.1, -0.05) is 20.8 Å². The van der Waals surface area contributed by atoms with Crippen LogP contribution < -0.4 is 4.74 Å².